The molecule has 2 heterocycles. The third-order valence-corrected chi connectivity index (χ3v) is 7.68. The number of aliphatic imine (C=N–C) groups is 1. The van der Waals surface area contributed by atoms with Crippen molar-refractivity contribution in [1.29, 1.82) is 0 Å². The minimum absolute atomic E-state index is 0.230. The van der Waals surface area contributed by atoms with Crippen LogP contribution in [0.1, 0.15) is 30.9 Å². The summed E-state index contributed by atoms with van der Waals surface area (Å²) in [5, 5.41) is 2.98. The summed E-state index contributed by atoms with van der Waals surface area (Å²) in [5.74, 6) is 0.476. The standard InChI is InChI=1S/C22H25N3O4S/c1-3-16-4-10-19(11-5-16)30(27,28)25-14-12-22(13-15-25)23-20(21(26)24-22)17-6-8-18(29-2)9-7-17/h4-11H,3,12-15H2,1-2H3,(H,24,26). The zero-order chi connectivity index (χ0) is 21.4. The van der Waals surface area contributed by atoms with Crippen molar-refractivity contribution < 1.29 is 17.9 Å². The lowest BCUT2D eigenvalue weighted by molar-refractivity contribution is -0.115. The first-order valence-electron chi connectivity index (χ1n) is 10.0. The van der Waals surface area contributed by atoms with Gasteiger partial charge in [-0.2, -0.15) is 4.31 Å². The van der Waals surface area contributed by atoms with Crippen LogP contribution in [0.25, 0.3) is 0 Å². The smallest absolute Gasteiger partial charge is 0.272 e. The molecule has 1 spiro atoms. The number of nitrogens with one attached hydrogen (secondary N) is 1. The van der Waals surface area contributed by atoms with Crippen LogP contribution in [0.15, 0.2) is 58.4 Å². The van der Waals surface area contributed by atoms with Gasteiger partial charge in [0.25, 0.3) is 5.91 Å². The number of methoxy groups -OCH3 is 1. The summed E-state index contributed by atoms with van der Waals surface area (Å²) in [4.78, 5) is 17.5. The first-order chi connectivity index (χ1) is 14.4. The number of sulfonamides is 1. The number of amides is 1. The number of rotatable bonds is 5. The molecule has 30 heavy (non-hydrogen) atoms. The van der Waals surface area contributed by atoms with E-state index in [4.69, 9.17) is 9.73 Å². The predicted octanol–water partition coefficient (Wildman–Crippen LogP) is 2.36. The minimum Gasteiger partial charge on any atom is -0.497 e. The van der Waals surface area contributed by atoms with Gasteiger partial charge in [-0.3, -0.25) is 9.79 Å². The van der Waals surface area contributed by atoms with Crippen molar-refractivity contribution in [2.75, 3.05) is 20.2 Å². The predicted molar refractivity (Wildman–Crippen MR) is 114 cm³/mol. The molecule has 0 saturated carbocycles. The molecule has 2 aromatic rings. The Balaban J connectivity index is 1.50. The van der Waals surface area contributed by atoms with Gasteiger partial charge >= 0.3 is 0 Å². The summed E-state index contributed by atoms with van der Waals surface area (Å²) < 4.78 is 32.6. The fourth-order valence-corrected chi connectivity index (χ4v) is 5.33. The van der Waals surface area contributed by atoms with E-state index in [1.165, 1.54) is 4.31 Å². The van der Waals surface area contributed by atoms with E-state index in [0.717, 1.165) is 17.5 Å². The molecule has 1 N–H and O–H groups in total. The molecule has 2 aromatic carbocycles. The van der Waals surface area contributed by atoms with Gasteiger partial charge in [0, 0.05) is 31.5 Å². The Morgan fingerprint density at radius 2 is 1.70 bits per heavy atom. The SMILES string of the molecule is CCc1ccc(S(=O)(=O)N2CCC3(CC2)N=C(c2ccc(OC)cc2)C(=O)N3)cc1. The largest absolute Gasteiger partial charge is 0.497 e. The van der Waals surface area contributed by atoms with Gasteiger partial charge in [0.15, 0.2) is 0 Å². The van der Waals surface area contributed by atoms with E-state index in [0.29, 0.717) is 42.3 Å². The quantitative estimate of drug-likeness (QED) is 0.793. The summed E-state index contributed by atoms with van der Waals surface area (Å²) in [6.45, 7) is 2.64. The molecule has 8 heteroatoms. The highest BCUT2D eigenvalue weighted by Gasteiger charge is 2.44. The number of hydrogen-bond acceptors (Lipinski definition) is 5. The zero-order valence-corrected chi connectivity index (χ0v) is 17.9. The zero-order valence-electron chi connectivity index (χ0n) is 17.1. The van der Waals surface area contributed by atoms with E-state index in [9.17, 15) is 13.2 Å². The number of carbonyl (C=O) groups is 1. The second-order valence-electron chi connectivity index (χ2n) is 7.58. The number of aryl methyl sites for hydroxylation is 1. The van der Waals surface area contributed by atoms with Gasteiger partial charge in [-0.1, -0.05) is 19.1 Å². The van der Waals surface area contributed by atoms with E-state index in [1.807, 2.05) is 19.1 Å². The number of ether oxygens (including phenoxy) is 1. The molecule has 2 aliphatic rings. The number of piperidine rings is 1. The average molecular weight is 428 g/mol. The maximum Gasteiger partial charge on any atom is 0.272 e. The van der Waals surface area contributed by atoms with Gasteiger partial charge in [0.05, 0.1) is 12.0 Å². The van der Waals surface area contributed by atoms with E-state index < -0.39 is 15.7 Å². The molecule has 0 aromatic heterocycles. The van der Waals surface area contributed by atoms with Crippen molar-refractivity contribution in [3.05, 3.63) is 59.7 Å². The Labute approximate surface area is 176 Å². The normalized spacial score (nSPS) is 18.9. The van der Waals surface area contributed by atoms with Crippen molar-refractivity contribution in [3.63, 3.8) is 0 Å². The van der Waals surface area contributed by atoms with Crippen LogP contribution in [-0.2, 0) is 21.2 Å². The van der Waals surface area contributed by atoms with Crippen molar-refractivity contribution in [2.45, 2.75) is 36.7 Å². The van der Waals surface area contributed by atoms with Crippen molar-refractivity contribution >= 4 is 21.6 Å². The summed E-state index contributed by atoms with van der Waals surface area (Å²) in [5.41, 5.74) is 1.45. The van der Waals surface area contributed by atoms with Crippen LogP contribution in [0.5, 0.6) is 5.75 Å². The molecule has 0 aliphatic carbocycles. The van der Waals surface area contributed by atoms with Crippen molar-refractivity contribution in [1.82, 2.24) is 9.62 Å². The molecule has 0 unspecified atom stereocenters. The third-order valence-electron chi connectivity index (χ3n) is 5.77. The molecular weight excluding hydrogens is 402 g/mol. The van der Waals surface area contributed by atoms with Gasteiger partial charge in [-0.05, 0) is 48.4 Å². The Bertz CT molecular complexity index is 1070. The molecule has 0 bridgehead atoms. The summed E-state index contributed by atoms with van der Waals surface area (Å²) in [6.07, 6.45) is 1.73. The monoisotopic (exact) mass is 427 g/mol. The molecule has 2 aliphatic heterocycles. The number of nitrogens with zero attached hydrogens (tertiary/aromatic N) is 2. The highest BCUT2D eigenvalue weighted by atomic mass is 32.2. The molecule has 1 fully saturated rings. The van der Waals surface area contributed by atoms with Gasteiger partial charge < -0.3 is 10.1 Å². The average Bonchev–Trinajstić information content (AvgIpc) is 3.09. The lowest BCUT2D eigenvalue weighted by atomic mass is 10.00. The topological polar surface area (TPSA) is 88.1 Å². The summed E-state index contributed by atoms with van der Waals surface area (Å²) >= 11 is 0. The highest BCUT2D eigenvalue weighted by molar-refractivity contribution is 7.89. The van der Waals surface area contributed by atoms with E-state index in [1.54, 1.807) is 43.5 Å². The van der Waals surface area contributed by atoms with Gasteiger partial charge in [0.1, 0.15) is 17.1 Å². The molecule has 1 saturated heterocycles. The second kappa shape index (κ2) is 7.85. The highest BCUT2D eigenvalue weighted by Crippen LogP contribution is 2.31. The number of benzene rings is 2. The molecular formula is C22H25N3O4S. The van der Waals surface area contributed by atoms with Gasteiger partial charge in [-0.15, -0.1) is 0 Å². The molecule has 1 amide bonds. The number of carbonyl (C=O) groups excluding carboxylic acids is 1. The van der Waals surface area contributed by atoms with Crippen molar-refractivity contribution in [3.8, 4) is 5.75 Å². The van der Waals surface area contributed by atoms with Crippen LogP contribution in [0.4, 0.5) is 0 Å². The van der Waals surface area contributed by atoms with E-state index in [-0.39, 0.29) is 5.91 Å². The van der Waals surface area contributed by atoms with Crippen LogP contribution in [0, 0.1) is 0 Å². The first kappa shape index (κ1) is 20.6. The van der Waals surface area contributed by atoms with Crippen molar-refractivity contribution in [2.24, 2.45) is 4.99 Å². The molecule has 4 rings (SSSR count). The lowest BCUT2D eigenvalue weighted by Crippen LogP contribution is -2.52. The Kier molecular flexibility index (Phi) is 5.38. The fourth-order valence-electron chi connectivity index (χ4n) is 3.89. The Morgan fingerprint density at radius 3 is 2.27 bits per heavy atom. The van der Waals surface area contributed by atoms with Gasteiger partial charge in [0.2, 0.25) is 10.0 Å². The van der Waals surface area contributed by atoms with Crippen LogP contribution in [0.2, 0.25) is 0 Å². The maximum atomic E-state index is 13.0. The molecule has 158 valence electrons. The Morgan fingerprint density at radius 1 is 1.07 bits per heavy atom. The number of hydrogen-bond donors (Lipinski definition) is 1. The fraction of sp³-hybridized carbons (Fsp3) is 0.364. The summed E-state index contributed by atoms with van der Waals surface area (Å²) in [6, 6.07) is 14.2. The van der Waals surface area contributed by atoms with E-state index >= 15 is 0 Å². The summed E-state index contributed by atoms with van der Waals surface area (Å²) in [7, 11) is -1.97. The van der Waals surface area contributed by atoms with Crippen LogP contribution in [-0.4, -0.2) is 50.2 Å². The molecule has 0 radical (unpaired) electrons. The second-order valence-corrected chi connectivity index (χ2v) is 9.51. The Hall–Kier alpha value is -2.71. The lowest BCUT2D eigenvalue weighted by Gasteiger charge is -2.36. The van der Waals surface area contributed by atoms with Gasteiger partial charge in [-0.25, -0.2) is 8.42 Å². The van der Waals surface area contributed by atoms with E-state index in [2.05, 4.69) is 5.32 Å². The van der Waals surface area contributed by atoms with Crippen LogP contribution >= 0.6 is 0 Å². The molecule has 7 nitrogen and oxygen atoms in total. The van der Waals surface area contributed by atoms with Crippen LogP contribution < -0.4 is 10.1 Å². The van der Waals surface area contributed by atoms with Crippen LogP contribution in [0.3, 0.4) is 0 Å². The maximum absolute atomic E-state index is 13.0. The third kappa shape index (κ3) is 3.73. The first-order valence-corrected chi connectivity index (χ1v) is 11.5. The minimum atomic E-state index is -3.56. The molecule has 0 atom stereocenters.